The van der Waals surface area contributed by atoms with Gasteiger partial charge in [-0.15, -0.1) is 0 Å². The van der Waals surface area contributed by atoms with Crippen molar-refractivity contribution < 1.29 is 27.1 Å². The van der Waals surface area contributed by atoms with Crippen molar-refractivity contribution in [1.29, 1.82) is 0 Å². The number of anilines is 2. The number of nitrogens with one attached hydrogen (secondary N) is 2. The first-order valence-corrected chi connectivity index (χ1v) is 8.56. The van der Waals surface area contributed by atoms with Crippen molar-refractivity contribution in [2.24, 2.45) is 0 Å². The highest BCUT2D eigenvalue weighted by Gasteiger charge is 2.29. The van der Waals surface area contributed by atoms with Crippen LogP contribution in [-0.2, 0) is 6.54 Å². The molecule has 0 unspecified atom stereocenters. The molecule has 7 nitrogen and oxygen atoms in total. The van der Waals surface area contributed by atoms with Crippen LogP contribution in [0.1, 0.15) is 16.1 Å². The van der Waals surface area contributed by atoms with E-state index in [0.29, 0.717) is 5.56 Å². The van der Waals surface area contributed by atoms with Gasteiger partial charge in [-0.25, -0.2) is 14.4 Å². The van der Waals surface area contributed by atoms with Crippen molar-refractivity contribution in [2.45, 2.75) is 12.7 Å². The third-order valence-electron chi connectivity index (χ3n) is 3.65. The summed E-state index contributed by atoms with van der Waals surface area (Å²) in [6.45, 7) is -1.29. The second-order valence-corrected chi connectivity index (χ2v) is 5.98. The number of aromatic nitrogens is 3. The number of hydrogen-bond acceptors (Lipinski definition) is 6. The molecule has 0 radical (unpaired) electrons. The van der Waals surface area contributed by atoms with Crippen molar-refractivity contribution in [3.8, 4) is 5.75 Å². The van der Waals surface area contributed by atoms with E-state index < -0.39 is 18.7 Å². The molecule has 2 aromatic heterocycles. The number of pyridine rings is 1. The Hall–Kier alpha value is -3.76. The Labute approximate surface area is 168 Å². The molecule has 3 rings (SSSR count). The van der Waals surface area contributed by atoms with Crippen LogP contribution in [0.3, 0.4) is 0 Å². The largest absolute Gasteiger partial charge is 0.482 e. The van der Waals surface area contributed by atoms with E-state index in [9.17, 15) is 22.4 Å². The van der Waals surface area contributed by atoms with E-state index in [1.807, 2.05) is 0 Å². The summed E-state index contributed by atoms with van der Waals surface area (Å²) in [5.74, 6) is -1.15. The van der Waals surface area contributed by atoms with Crippen LogP contribution in [0.4, 0.5) is 29.2 Å². The van der Waals surface area contributed by atoms with E-state index in [1.165, 1.54) is 36.7 Å². The average Bonchev–Trinajstić information content (AvgIpc) is 2.71. The number of carbonyl (C=O) groups excluding carboxylic acids is 1. The molecule has 0 bridgehead atoms. The fourth-order valence-corrected chi connectivity index (χ4v) is 2.35. The Balaban J connectivity index is 1.67. The summed E-state index contributed by atoms with van der Waals surface area (Å²) in [6.07, 6.45) is -0.798. The molecule has 11 heteroatoms. The molecule has 1 aromatic carbocycles. The number of amides is 1. The molecule has 0 saturated carbocycles. The normalized spacial score (nSPS) is 11.1. The number of ether oxygens (including phenoxy) is 1. The van der Waals surface area contributed by atoms with Gasteiger partial charge in [0.05, 0.1) is 6.20 Å². The highest BCUT2D eigenvalue weighted by atomic mass is 19.4. The van der Waals surface area contributed by atoms with Gasteiger partial charge < -0.3 is 15.4 Å². The molecule has 0 aliphatic rings. The first-order chi connectivity index (χ1) is 14.3. The minimum absolute atomic E-state index is 0.0420. The van der Waals surface area contributed by atoms with Gasteiger partial charge >= 0.3 is 6.18 Å². The fraction of sp³-hybridized carbons (Fsp3) is 0.158. The van der Waals surface area contributed by atoms with Crippen LogP contribution in [0.5, 0.6) is 5.75 Å². The molecule has 0 atom stereocenters. The van der Waals surface area contributed by atoms with Crippen molar-refractivity contribution >= 4 is 17.5 Å². The number of nitrogens with zero attached hydrogens (tertiary/aromatic N) is 3. The summed E-state index contributed by atoms with van der Waals surface area (Å²) in [5.41, 5.74) is 0.562. The number of halogens is 4. The molecule has 0 aliphatic carbocycles. The molecule has 0 spiro atoms. The van der Waals surface area contributed by atoms with E-state index in [2.05, 4.69) is 25.6 Å². The van der Waals surface area contributed by atoms with Gasteiger partial charge in [-0.2, -0.15) is 13.2 Å². The molecule has 1 amide bonds. The zero-order valence-corrected chi connectivity index (χ0v) is 15.3. The molecule has 2 heterocycles. The predicted molar refractivity (Wildman–Crippen MR) is 99.5 cm³/mol. The highest BCUT2D eigenvalue weighted by Crippen LogP contribution is 2.25. The van der Waals surface area contributed by atoms with E-state index >= 15 is 0 Å². The summed E-state index contributed by atoms with van der Waals surface area (Å²) in [5, 5.41) is 5.27. The van der Waals surface area contributed by atoms with Crippen molar-refractivity contribution in [2.75, 3.05) is 17.2 Å². The topological polar surface area (TPSA) is 89.0 Å². The van der Waals surface area contributed by atoms with Crippen LogP contribution >= 0.6 is 0 Å². The van der Waals surface area contributed by atoms with Crippen LogP contribution in [0.15, 0.2) is 55.0 Å². The second kappa shape index (κ2) is 9.16. The molecule has 0 aliphatic heterocycles. The van der Waals surface area contributed by atoms with Crippen LogP contribution in [-0.4, -0.2) is 33.6 Å². The Morgan fingerprint density at radius 2 is 1.97 bits per heavy atom. The van der Waals surface area contributed by atoms with Crippen LogP contribution in [0.25, 0.3) is 0 Å². The van der Waals surface area contributed by atoms with Crippen molar-refractivity contribution in [1.82, 2.24) is 15.0 Å². The number of benzene rings is 1. The lowest BCUT2D eigenvalue weighted by molar-refractivity contribution is -0.153. The third-order valence-corrected chi connectivity index (χ3v) is 3.65. The molecule has 3 aromatic rings. The zero-order chi connectivity index (χ0) is 21.6. The van der Waals surface area contributed by atoms with E-state index in [1.54, 1.807) is 12.1 Å². The predicted octanol–water partition coefficient (Wildman–Crippen LogP) is 3.82. The van der Waals surface area contributed by atoms with Gasteiger partial charge in [0.25, 0.3) is 5.91 Å². The van der Waals surface area contributed by atoms with Gasteiger partial charge in [0, 0.05) is 25.0 Å². The molecule has 2 N–H and O–H groups in total. The smallest absolute Gasteiger partial charge is 0.422 e. The summed E-state index contributed by atoms with van der Waals surface area (Å²) in [6, 6.07) is 8.45. The molecular formula is C19H15F4N5O2. The molecule has 30 heavy (non-hydrogen) atoms. The summed E-state index contributed by atoms with van der Waals surface area (Å²) in [4.78, 5) is 24.3. The molecule has 0 saturated heterocycles. The minimum Gasteiger partial charge on any atom is -0.482 e. The lowest BCUT2D eigenvalue weighted by Crippen LogP contribution is -2.21. The SMILES string of the molecule is O=C(Nc1cnccc1OCC(F)(F)F)c1ccnc(NCc2cccc(F)c2)n1. The number of rotatable bonds is 7. The minimum atomic E-state index is -4.53. The van der Waals surface area contributed by atoms with Crippen molar-refractivity contribution in [3.63, 3.8) is 0 Å². The third kappa shape index (κ3) is 6.12. The van der Waals surface area contributed by atoms with Crippen LogP contribution in [0, 0.1) is 5.82 Å². The van der Waals surface area contributed by atoms with Crippen LogP contribution in [0.2, 0.25) is 0 Å². The van der Waals surface area contributed by atoms with Crippen LogP contribution < -0.4 is 15.4 Å². The Morgan fingerprint density at radius 3 is 2.73 bits per heavy atom. The quantitative estimate of drug-likeness (QED) is 0.564. The van der Waals surface area contributed by atoms with Gasteiger partial charge in [0.2, 0.25) is 5.95 Å². The zero-order valence-electron chi connectivity index (χ0n) is 15.3. The summed E-state index contributed by atoms with van der Waals surface area (Å²) in [7, 11) is 0. The maximum absolute atomic E-state index is 13.2. The lowest BCUT2D eigenvalue weighted by Gasteiger charge is -2.13. The van der Waals surface area contributed by atoms with Gasteiger partial charge in [-0.05, 0) is 23.8 Å². The Kier molecular flexibility index (Phi) is 6.40. The average molecular weight is 421 g/mol. The first-order valence-electron chi connectivity index (χ1n) is 8.56. The maximum atomic E-state index is 13.2. The van der Waals surface area contributed by atoms with E-state index in [0.717, 1.165) is 6.20 Å². The fourth-order valence-electron chi connectivity index (χ4n) is 2.35. The number of hydrogen-bond donors (Lipinski definition) is 2. The van der Waals surface area contributed by atoms with E-state index in [4.69, 9.17) is 4.74 Å². The van der Waals surface area contributed by atoms with Gasteiger partial charge in [-0.3, -0.25) is 9.78 Å². The standard InChI is InChI=1S/C19H15F4N5O2/c20-13-3-1-2-12(8-13)9-26-18-25-7-4-14(28-18)17(29)27-15-10-24-6-5-16(15)30-11-19(21,22)23/h1-8,10H,9,11H2,(H,27,29)(H,25,26,28). The summed E-state index contributed by atoms with van der Waals surface area (Å²) >= 11 is 0. The second-order valence-electron chi connectivity index (χ2n) is 5.98. The van der Waals surface area contributed by atoms with Gasteiger partial charge in [0.15, 0.2) is 6.61 Å². The molecule has 156 valence electrons. The van der Waals surface area contributed by atoms with Gasteiger partial charge in [0.1, 0.15) is 22.9 Å². The van der Waals surface area contributed by atoms with E-state index in [-0.39, 0.29) is 35.4 Å². The first kappa shape index (κ1) is 21.0. The van der Waals surface area contributed by atoms with Crippen molar-refractivity contribution in [3.05, 3.63) is 72.1 Å². The Morgan fingerprint density at radius 1 is 1.13 bits per heavy atom. The number of carbonyl (C=O) groups is 1. The lowest BCUT2D eigenvalue weighted by atomic mass is 10.2. The maximum Gasteiger partial charge on any atom is 0.422 e. The number of alkyl halides is 3. The highest BCUT2D eigenvalue weighted by molar-refractivity contribution is 6.03. The Bertz CT molecular complexity index is 1030. The molecular weight excluding hydrogens is 406 g/mol. The molecule has 0 fully saturated rings. The monoisotopic (exact) mass is 421 g/mol. The van der Waals surface area contributed by atoms with Gasteiger partial charge in [-0.1, -0.05) is 12.1 Å². The summed E-state index contributed by atoms with van der Waals surface area (Å²) < 4.78 is 55.1.